The molecule has 0 radical (unpaired) electrons. The summed E-state index contributed by atoms with van der Waals surface area (Å²) in [4.78, 5) is 24.0. The minimum atomic E-state index is -0.399. The lowest BCUT2D eigenvalue weighted by Crippen LogP contribution is -2.44. The number of carbonyl (C=O) groups is 2. The van der Waals surface area contributed by atoms with Crippen LogP contribution >= 0.6 is 11.6 Å². The second-order valence-corrected chi connectivity index (χ2v) is 6.73. The van der Waals surface area contributed by atoms with Crippen molar-refractivity contribution in [2.75, 3.05) is 6.61 Å². The van der Waals surface area contributed by atoms with Crippen molar-refractivity contribution in [2.24, 2.45) is 5.92 Å². The van der Waals surface area contributed by atoms with E-state index in [1.165, 1.54) is 0 Å². The third-order valence-corrected chi connectivity index (χ3v) is 4.68. The summed E-state index contributed by atoms with van der Waals surface area (Å²) >= 11 is 5.98. The van der Waals surface area contributed by atoms with Crippen LogP contribution in [-0.2, 0) is 16.0 Å². The van der Waals surface area contributed by atoms with Crippen molar-refractivity contribution in [1.29, 1.82) is 0 Å². The number of aryl methyl sites for hydroxylation is 1. The highest BCUT2D eigenvalue weighted by Crippen LogP contribution is 2.47. The van der Waals surface area contributed by atoms with E-state index in [9.17, 15) is 9.59 Å². The molecule has 1 saturated carbocycles. The summed E-state index contributed by atoms with van der Waals surface area (Å²) < 4.78 is 5.52. The molecule has 1 aliphatic rings. The number of para-hydroxylation sites is 1. The summed E-state index contributed by atoms with van der Waals surface area (Å²) in [5.41, 5.74) is 6.96. The number of hydrogen-bond acceptors (Lipinski definition) is 3. The maximum Gasteiger partial charge on any atom is 0.276 e. The van der Waals surface area contributed by atoms with Gasteiger partial charge in [0.05, 0.1) is 0 Å². The van der Waals surface area contributed by atoms with Crippen LogP contribution in [0, 0.1) is 5.92 Å². The number of rotatable bonds is 6. The number of hydrazine groups is 1. The number of benzene rings is 2. The summed E-state index contributed by atoms with van der Waals surface area (Å²) in [7, 11) is 0. The predicted octanol–water partition coefficient (Wildman–Crippen LogP) is 3.23. The van der Waals surface area contributed by atoms with Gasteiger partial charge in [0.15, 0.2) is 6.61 Å². The van der Waals surface area contributed by atoms with Gasteiger partial charge in [-0.25, -0.2) is 0 Å². The molecule has 5 nitrogen and oxygen atoms in total. The first-order valence-electron chi connectivity index (χ1n) is 8.63. The van der Waals surface area contributed by atoms with Gasteiger partial charge < -0.3 is 4.74 Å². The lowest BCUT2D eigenvalue weighted by molar-refractivity contribution is -0.130. The van der Waals surface area contributed by atoms with E-state index in [-0.39, 0.29) is 24.3 Å². The zero-order valence-electron chi connectivity index (χ0n) is 14.5. The lowest BCUT2D eigenvalue weighted by Gasteiger charge is -2.11. The largest absolute Gasteiger partial charge is 0.483 e. The molecule has 2 unspecified atom stereocenters. The molecule has 0 aromatic heterocycles. The number of ether oxygens (including phenoxy) is 1. The minimum Gasteiger partial charge on any atom is -0.483 e. The fraction of sp³-hybridized carbons (Fsp3) is 0.300. The van der Waals surface area contributed by atoms with Gasteiger partial charge in [-0.15, -0.1) is 0 Å². The standard InChI is InChI=1S/C20H21ClN2O3/c1-2-13-6-3-4-9-18(13)26-12-19(24)22-23-20(25)17-11-16(17)14-7-5-8-15(21)10-14/h3-10,16-17H,2,11-12H2,1H3,(H,22,24)(H,23,25). The van der Waals surface area contributed by atoms with E-state index in [0.717, 1.165) is 24.0 Å². The number of hydrogen-bond donors (Lipinski definition) is 2. The van der Waals surface area contributed by atoms with E-state index in [0.29, 0.717) is 10.8 Å². The highest BCUT2D eigenvalue weighted by Gasteiger charge is 2.44. The molecule has 0 bridgehead atoms. The Balaban J connectivity index is 1.43. The van der Waals surface area contributed by atoms with E-state index >= 15 is 0 Å². The van der Waals surface area contributed by atoms with Crippen LogP contribution in [0.5, 0.6) is 5.75 Å². The quantitative estimate of drug-likeness (QED) is 0.765. The Hall–Kier alpha value is -2.53. The van der Waals surface area contributed by atoms with Crippen LogP contribution in [-0.4, -0.2) is 18.4 Å². The molecule has 26 heavy (non-hydrogen) atoms. The van der Waals surface area contributed by atoms with Crippen LogP contribution in [0.25, 0.3) is 0 Å². The normalized spacial score (nSPS) is 18.1. The van der Waals surface area contributed by atoms with Gasteiger partial charge in [-0.3, -0.25) is 20.4 Å². The highest BCUT2D eigenvalue weighted by molar-refractivity contribution is 6.30. The second-order valence-electron chi connectivity index (χ2n) is 6.29. The Bertz CT molecular complexity index is 809. The Kier molecular flexibility index (Phi) is 5.78. The first-order valence-corrected chi connectivity index (χ1v) is 9.01. The fourth-order valence-corrected chi connectivity index (χ4v) is 3.13. The van der Waals surface area contributed by atoms with Crippen molar-refractivity contribution >= 4 is 23.4 Å². The van der Waals surface area contributed by atoms with E-state index in [2.05, 4.69) is 10.9 Å². The molecule has 2 amide bonds. The van der Waals surface area contributed by atoms with Gasteiger partial charge >= 0.3 is 0 Å². The molecule has 0 spiro atoms. The van der Waals surface area contributed by atoms with Crippen LogP contribution in [0.3, 0.4) is 0 Å². The van der Waals surface area contributed by atoms with E-state index < -0.39 is 5.91 Å². The smallest absolute Gasteiger partial charge is 0.276 e. The number of carbonyl (C=O) groups excluding carboxylic acids is 2. The highest BCUT2D eigenvalue weighted by atomic mass is 35.5. The molecule has 0 saturated heterocycles. The predicted molar refractivity (Wildman–Crippen MR) is 99.9 cm³/mol. The van der Waals surface area contributed by atoms with Gasteiger partial charge in [0.1, 0.15) is 5.75 Å². The SMILES string of the molecule is CCc1ccccc1OCC(=O)NNC(=O)C1CC1c1cccc(Cl)c1. The maximum atomic E-state index is 12.2. The van der Waals surface area contributed by atoms with Gasteiger partial charge in [-0.05, 0) is 48.1 Å². The summed E-state index contributed by atoms with van der Waals surface area (Å²) in [6.45, 7) is 1.87. The van der Waals surface area contributed by atoms with Crippen LogP contribution in [0.1, 0.15) is 30.4 Å². The third kappa shape index (κ3) is 4.55. The first-order chi connectivity index (χ1) is 12.6. The van der Waals surface area contributed by atoms with E-state index in [4.69, 9.17) is 16.3 Å². The molecule has 6 heteroatoms. The van der Waals surface area contributed by atoms with Gasteiger partial charge in [0.2, 0.25) is 5.91 Å². The van der Waals surface area contributed by atoms with Crippen molar-refractivity contribution in [3.05, 3.63) is 64.7 Å². The fourth-order valence-electron chi connectivity index (χ4n) is 2.93. The summed E-state index contributed by atoms with van der Waals surface area (Å²) in [5, 5.41) is 0.659. The van der Waals surface area contributed by atoms with Gasteiger partial charge in [-0.2, -0.15) is 0 Å². The Labute approximate surface area is 157 Å². The summed E-state index contributed by atoms with van der Waals surface area (Å²) in [6, 6.07) is 15.1. The van der Waals surface area contributed by atoms with E-state index in [1.807, 2.05) is 49.4 Å². The number of amides is 2. The third-order valence-electron chi connectivity index (χ3n) is 4.44. The Morgan fingerprint density at radius 1 is 1.15 bits per heavy atom. The van der Waals surface area contributed by atoms with Crippen molar-refractivity contribution in [2.45, 2.75) is 25.7 Å². The summed E-state index contributed by atoms with van der Waals surface area (Å²) in [5.74, 6) is 0.0926. The molecule has 1 aliphatic carbocycles. The molecule has 1 fully saturated rings. The molecule has 3 rings (SSSR count). The monoisotopic (exact) mass is 372 g/mol. The topological polar surface area (TPSA) is 67.4 Å². The molecule has 2 aromatic carbocycles. The van der Waals surface area contributed by atoms with Crippen LogP contribution < -0.4 is 15.6 Å². The van der Waals surface area contributed by atoms with Gasteiger partial charge in [0.25, 0.3) is 5.91 Å². The van der Waals surface area contributed by atoms with Crippen LogP contribution in [0.2, 0.25) is 5.02 Å². The molecule has 2 N–H and O–H groups in total. The zero-order chi connectivity index (χ0) is 18.5. The molecule has 2 aromatic rings. The summed E-state index contributed by atoms with van der Waals surface area (Å²) in [6.07, 6.45) is 1.57. The van der Waals surface area contributed by atoms with E-state index in [1.54, 1.807) is 6.07 Å². The maximum absolute atomic E-state index is 12.2. The van der Waals surface area contributed by atoms with Crippen molar-refractivity contribution in [1.82, 2.24) is 10.9 Å². The van der Waals surface area contributed by atoms with Gasteiger partial charge in [0, 0.05) is 10.9 Å². The molecular weight excluding hydrogens is 352 g/mol. The average Bonchev–Trinajstić information content (AvgIpc) is 3.45. The molecule has 0 heterocycles. The molecule has 136 valence electrons. The molecule has 0 aliphatic heterocycles. The van der Waals surface area contributed by atoms with Crippen LogP contribution in [0.4, 0.5) is 0 Å². The van der Waals surface area contributed by atoms with Gasteiger partial charge in [-0.1, -0.05) is 48.9 Å². The minimum absolute atomic E-state index is 0.143. The van der Waals surface area contributed by atoms with Crippen LogP contribution in [0.15, 0.2) is 48.5 Å². The second kappa shape index (κ2) is 8.23. The number of halogens is 1. The Morgan fingerprint density at radius 3 is 2.73 bits per heavy atom. The Morgan fingerprint density at radius 2 is 1.96 bits per heavy atom. The molecular formula is C20H21ClN2O3. The van der Waals surface area contributed by atoms with Crippen molar-refractivity contribution in [3.63, 3.8) is 0 Å². The first kappa shape index (κ1) is 18.3. The zero-order valence-corrected chi connectivity index (χ0v) is 15.3. The molecule has 2 atom stereocenters. The average molecular weight is 373 g/mol. The van der Waals surface area contributed by atoms with Crippen molar-refractivity contribution in [3.8, 4) is 5.75 Å². The number of nitrogens with one attached hydrogen (secondary N) is 2. The lowest BCUT2D eigenvalue weighted by atomic mass is 10.1. The van der Waals surface area contributed by atoms with Crippen molar-refractivity contribution < 1.29 is 14.3 Å².